The molecule has 1 aromatic carbocycles. The fraction of sp³-hybridized carbons (Fsp3) is 0.562. The van der Waals surface area contributed by atoms with Gasteiger partial charge in [-0.15, -0.1) is 0 Å². The summed E-state index contributed by atoms with van der Waals surface area (Å²) in [5.74, 6) is 1.50. The average molecular weight is 263 g/mol. The summed E-state index contributed by atoms with van der Waals surface area (Å²) in [5, 5.41) is 2.87. The number of amides is 1. The first kappa shape index (κ1) is 15.5. The highest BCUT2D eigenvalue weighted by Gasteiger charge is 2.07. The lowest BCUT2D eigenvalue weighted by atomic mass is 10.0. The van der Waals surface area contributed by atoms with Crippen molar-refractivity contribution in [3.8, 4) is 5.75 Å². The number of ether oxygens (including phenoxy) is 1. The van der Waals surface area contributed by atoms with Crippen LogP contribution in [0.5, 0.6) is 5.75 Å². The van der Waals surface area contributed by atoms with Gasteiger partial charge in [0.2, 0.25) is 5.91 Å². The van der Waals surface area contributed by atoms with E-state index in [4.69, 9.17) is 4.74 Å². The van der Waals surface area contributed by atoms with Crippen molar-refractivity contribution in [1.82, 2.24) is 5.32 Å². The lowest BCUT2D eigenvalue weighted by molar-refractivity contribution is -0.121. The van der Waals surface area contributed by atoms with E-state index in [9.17, 15) is 4.79 Å². The van der Waals surface area contributed by atoms with E-state index in [0.717, 1.165) is 25.1 Å². The van der Waals surface area contributed by atoms with Gasteiger partial charge in [-0.1, -0.05) is 39.0 Å². The number of rotatable bonds is 8. The Bertz CT molecular complexity index is 388. The van der Waals surface area contributed by atoms with Gasteiger partial charge in [0.05, 0.1) is 6.61 Å². The fourth-order valence-corrected chi connectivity index (χ4v) is 1.86. The maximum absolute atomic E-state index is 11.4. The van der Waals surface area contributed by atoms with Crippen LogP contribution in [0.15, 0.2) is 24.3 Å². The van der Waals surface area contributed by atoms with E-state index in [1.165, 1.54) is 5.56 Å². The Hall–Kier alpha value is -1.51. The SMILES string of the molecule is CCCNC(=O)CCCOc1ccccc1C(C)C. The number of para-hydroxylation sites is 1. The molecular weight excluding hydrogens is 238 g/mol. The molecule has 3 heteroatoms. The van der Waals surface area contributed by atoms with Gasteiger partial charge in [-0.3, -0.25) is 4.79 Å². The highest BCUT2D eigenvalue weighted by Crippen LogP contribution is 2.25. The van der Waals surface area contributed by atoms with Crippen molar-refractivity contribution in [1.29, 1.82) is 0 Å². The molecule has 0 spiro atoms. The molecule has 0 unspecified atom stereocenters. The third-order valence-electron chi connectivity index (χ3n) is 2.92. The van der Waals surface area contributed by atoms with Gasteiger partial charge in [-0.25, -0.2) is 0 Å². The standard InChI is InChI=1S/C16H25NO2/c1-4-11-17-16(18)10-7-12-19-15-9-6-5-8-14(15)13(2)3/h5-6,8-9,13H,4,7,10-12H2,1-3H3,(H,17,18). The van der Waals surface area contributed by atoms with E-state index < -0.39 is 0 Å². The molecule has 0 fully saturated rings. The van der Waals surface area contributed by atoms with Crippen LogP contribution in [0.2, 0.25) is 0 Å². The normalized spacial score (nSPS) is 10.5. The number of carbonyl (C=O) groups excluding carboxylic acids is 1. The summed E-state index contributed by atoms with van der Waals surface area (Å²) in [6.45, 7) is 7.70. The van der Waals surface area contributed by atoms with Crippen molar-refractivity contribution in [2.24, 2.45) is 0 Å². The third-order valence-corrected chi connectivity index (χ3v) is 2.92. The first-order valence-corrected chi connectivity index (χ1v) is 7.13. The number of nitrogens with one attached hydrogen (secondary N) is 1. The van der Waals surface area contributed by atoms with E-state index in [-0.39, 0.29) is 5.91 Å². The Morgan fingerprint density at radius 2 is 2.05 bits per heavy atom. The molecule has 0 aliphatic rings. The molecule has 1 aromatic rings. The average Bonchev–Trinajstić information content (AvgIpc) is 2.41. The largest absolute Gasteiger partial charge is 0.493 e. The maximum atomic E-state index is 11.4. The quantitative estimate of drug-likeness (QED) is 0.729. The molecule has 19 heavy (non-hydrogen) atoms. The molecule has 1 rings (SSSR count). The Morgan fingerprint density at radius 3 is 2.74 bits per heavy atom. The molecule has 0 heterocycles. The molecular formula is C16H25NO2. The van der Waals surface area contributed by atoms with Crippen LogP contribution in [0.1, 0.15) is 51.5 Å². The first-order chi connectivity index (χ1) is 9.15. The summed E-state index contributed by atoms with van der Waals surface area (Å²) < 4.78 is 5.77. The summed E-state index contributed by atoms with van der Waals surface area (Å²) in [5.41, 5.74) is 1.22. The summed E-state index contributed by atoms with van der Waals surface area (Å²) in [4.78, 5) is 11.4. The molecule has 1 amide bonds. The number of benzene rings is 1. The predicted octanol–water partition coefficient (Wildman–Crippen LogP) is 3.50. The number of hydrogen-bond acceptors (Lipinski definition) is 2. The molecule has 0 saturated heterocycles. The smallest absolute Gasteiger partial charge is 0.220 e. The van der Waals surface area contributed by atoms with E-state index in [1.807, 2.05) is 25.1 Å². The van der Waals surface area contributed by atoms with E-state index >= 15 is 0 Å². The Kier molecular flexibility index (Phi) is 7.01. The number of hydrogen-bond donors (Lipinski definition) is 1. The first-order valence-electron chi connectivity index (χ1n) is 7.13. The van der Waals surface area contributed by atoms with Gasteiger partial charge in [-0.2, -0.15) is 0 Å². The van der Waals surface area contributed by atoms with Crippen LogP contribution in [0.25, 0.3) is 0 Å². The van der Waals surface area contributed by atoms with Crippen molar-refractivity contribution >= 4 is 5.91 Å². The zero-order valence-corrected chi connectivity index (χ0v) is 12.2. The second-order valence-electron chi connectivity index (χ2n) is 4.99. The lowest BCUT2D eigenvalue weighted by Crippen LogP contribution is -2.24. The van der Waals surface area contributed by atoms with Crippen LogP contribution in [-0.4, -0.2) is 19.1 Å². The molecule has 0 radical (unpaired) electrons. The zero-order chi connectivity index (χ0) is 14.1. The van der Waals surface area contributed by atoms with Gasteiger partial charge < -0.3 is 10.1 Å². The second-order valence-corrected chi connectivity index (χ2v) is 4.99. The Morgan fingerprint density at radius 1 is 1.32 bits per heavy atom. The van der Waals surface area contributed by atoms with Crippen LogP contribution in [-0.2, 0) is 4.79 Å². The van der Waals surface area contributed by atoms with E-state index in [0.29, 0.717) is 18.9 Å². The molecule has 0 atom stereocenters. The number of carbonyl (C=O) groups is 1. The van der Waals surface area contributed by atoms with Gasteiger partial charge in [-0.05, 0) is 30.4 Å². The van der Waals surface area contributed by atoms with Crippen molar-refractivity contribution in [3.05, 3.63) is 29.8 Å². The highest BCUT2D eigenvalue weighted by molar-refractivity contribution is 5.75. The van der Waals surface area contributed by atoms with Crippen LogP contribution in [0.3, 0.4) is 0 Å². The van der Waals surface area contributed by atoms with Crippen LogP contribution in [0.4, 0.5) is 0 Å². The summed E-state index contributed by atoms with van der Waals surface area (Å²) in [6.07, 6.45) is 2.26. The minimum atomic E-state index is 0.114. The van der Waals surface area contributed by atoms with E-state index in [2.05, 4.69) is 25.2 Å². The monoisotopic (exact) mass is 263 g/mol. The molecule has 3 nitrogen and oxygen atoms in total. The zero-order valence-electron chi connectivity index (χ0n) is 12.2. The van der Waals surface area contributed by atoms with Crippen LogP contribution < -0.4 is 10.1 Å². The fourth-order valence-electron chi connectivity index (χ4n) is 1.86. The topological polar surface area (TPSA) is 38.3 Å². The molecule has 1 N–H and O–H groups in total. The highest BCUT2D eigenvalue weighted by atomic mass is 16.5. The molecule has 0 bridgehead atoms. The molecule has 0 aromatic heterocycles. The van der Waals surface area contributed by atoms with Gasteiger partial charge >= 0.3 is 0 Å². The van der Waals surface area contributed by atoms with Crippen molar-refractivity contribution in [2.75, 3.05) is 13.2 Å². The predicted molar refractivity (Wildman–Crippen MR) is 78.6 cm³/mol. The third kappa shape index (κ3) is 5.77. The van der Waals surface area contributed by atoms with Crippen LogP contribution in [0, 0.1) is 0 Å². The maximum Gasteiger partial charge on any atom is 0.220 e. The summed E-state index contributed by atoms with van der Waals surface area (Å²) in [7, 11) is 0. The molecule has 0 saturated carbocycles. The van der Waals surface area contributed by atoms with Gasteiger partial charge in [0, 0.05) is 13.0 Å². The van der Waals surface area contributed by atoms with Gasteiger partial charge in [0.25, 0.3) is 0 Å². The lowest BCUT2D eigenvalue weighted by Gasteiger charge is -2.13. The second kappa shape index (κ2) is 8.57. The minimum absolute atomic E-state index is 0.114. The van der Waals surface area contributed by atoms with Crippen LogP contribution >= 0.6 is 0 Å². The summed E-state index contributed by atoms with van der Waals surface area (Å²) >= 11 is 0. The van der Waals surface area contributed by atoms with Crippen molar-refractivity contribution in [3.63, 3.8) is 0 Å². The van der Waals surface area contributed by atoms with Gasteiger partial charge in [0.15, 0.2) is 0 Å². The van der Waals surface area contributed by atoms with E-state index in [1.54, 1.807) is 0 Å². The van der Waals surface area contributed by atoms with Crippen molar-refractivity contribution < 1.29 is 9.53 Å². The molecule has 106 valence electrons. The molecule has 0 aliphatic carbocycles. The summed E-state index contributed by atoms with van der Waals surface area (Å²) in [6, 6.07) is 8.09. The van der Waals surface area contributed by atoms with Crippen molar-refractivity contribution in [2.45, 2.75) is 46.0 Å². The molecule has 0 aliphatic heterocycles. The Balaban J connectivity index is 2.31. The van der Waals surface area contributed by atoms with Gasteiger partial charge in [0.1, 0.15) is 5.75 Å². The Labute approximate surface area is 116 Å². The minimum Gasteiger partial charge on any atom is -0.493 e.